The summed E-state index contributed by atoms with van der Waals surface area (Å²) in [4.78, 5) is 6.23. The molecule has 3 heteroatoms. The lowest BCUT2D eigenvalue weighted by Gasteiger charge is -2.44. The lowest BCUT2D eigenvalue weighted by molar-refractivity contribution is 0.256. The van der Waals surface area contributed by atoms with E-state index in [0.717, 1.165) is 17.7 Å². The second kappa shape index (κ2) is 14.7. The largest absolute Gasteiger partial charge is 0.507 e. The van der Waals surface area contributed by atoms with Crippen LogP contribution in [0.1, 0.15) is 129 Å². The SMILES string of the molecule is CC(C)(C)c1cc(C(C)(C)C)c(O)c(C2(C3CCCCC3)CCP(C3CCCCC3)C2=Nc2c(-c3ccccc3)cccc2-c2ccccc2)c1. The van der Waals surface area contributed by atoms with E-state index in [1.165, 1.54) is 109 Å². The van der Waals surface area contributed by atoms with Crippen LogP contribution in [-0.2, 0) is 16.2 Å². The molecule has 268 valence electrons. The van der Waals surface area contributed by atoms with E-state index < -0.39 is 7.92 Å². The normalized spacial score (nSPS) is 23.2. The fourth-order valence-corrected chi connectivity index (χ4v) is 13.3. The Hall–Kier alpha value is -3.22. The summed E-state index contributed by atoms with van der Waals surface area (Å²) in [7, 11) is -0.498. The predicted molar refractivity (Wildman–Crippen MR) is 221 cm³/mol. The number of phenolic OH excluding ortho intramolecular Hbond substituents is 1. The fourth-order valence-electron chi connectivity index (χ4n) is 9.59. The summed E-state index contributed by atoms with van der Waals surface area (Å²) in [6.07, 6.45) is 15.2. The van der Waals surface area contributed by atoms with Gasteiger partial charge in [-0.1, -0.05) is 179 Å². The predicted octanol–water partition coefficient (Wildman–Crippen LogP) is 14.1. The molecule has 1 heterocycles. The molecule has 1 N–H and O–H groups in total. The van der Waals surface area contributed by atoms with E-state index in [0.29, 0.717) is 17.3 Å². The number of hydrogen-bond acceptors (Lipinski definition) is 2. The molecular formula is C48H60NOP. The van der Waals surface area contributed by atoms with Crippen LogP contribution in [-0.4, -0.2) is 22.4 Å². The minimum absolute atomic E-state index is 0.0411. The molecule has 3 fully saturated rings. The van der Waals surface area contributed by atoms with Gasteiger partial charge < -0.3 is 5.11 Å². The van der Waals surface area contributed by atoms with Crippen molar-refractivity contribution >= 4 is 19.1 Å². The molecule has 0 amide bonds. The first-order valence-corrected chi connectivity index (χ1v) is 21.6. The van der Waals surface area contributed by atoms with E-state index in [-0.39, 0.29) is 16.2 Å². The lowest BCUT2D eigenvalue weighted by Crippen LogP contribution is -2.41. The Kier molecular flexibility index (Phi) is 10.4. The Morgan fingerprint density at radius 2 is 1.20 bits per heavy atom. The zero-order valence-electron chi connectivity index (χ0n) is 32.1. The van der Waals surface area contributed by atoms with Crippen LogP contribution in [0.4, 0.5) is 5.69 Å². The van der Waals surface area contributed by atoms with Crippen LogP contribution in [0.3, 0.4) is 0 Å². The standard InChI is InChI=1S/C48H60NOP/c1-46(2,3)37-32-41(47(4,5)6)44(50)42(33-37)48(36-24-15-9-16-25-36)30-31-51(38-26-17-10-18-27-38)45(48)49-43-39(34-20-11-7-12-21-34)28-19-29-40(43)35-22-13-8-14-23-35/h7-8,11-14,19-23,28-29,32-33,36,38,50H,9-10,15-18,24-27,30-31H2,1-6H3. The van der Waals surface area contributed by atoms with Crippen LogP contribution in [0.25, 0.3) is 22.3 Å². The molecule has 7 rings (SSSR count). The maximum atomic E-state index is 12.8. The monoisotopic (exact) mass is 697 g/mol. The maximum Gasteiger partial charge on any atom is 0.123 e. The number of phenols is 1. The van der Waals surface area contributed by atoms with Crippen molar-refractivity contribution < 1.29 is 5.11 Å². The van der Waals surface area contributed by atoms with Crippen molar-refractivity contribution in [3.63, 3.8) is 0 Å². The van der Waals surface area contributed by atoms with Gasteiger partial charge >= 0.3 is 0 Å². The van der Waals surface area contributed by atoms with Gasteiger partial charge in [0.25, 0.3) is 0 Å². The molecule has 0 radical (unpaired) electrons. The van der Waals surface area contributed by atoms with Gasteiger partial charge in [-0.05, 0) is 82.9 Å². The van der Waals surface area contributed by atoms with Crippen molar-refractivity contribution in [3.05, 3.63) is 108 Å². The lowest BCUT2D eigenvalue weighted by atomic mass is 9.62. The first-order chi connectivity index (χ1) is 24.5. The summed E-state index contributed by atoms with van der Waals surface area (Å²) in [6.45, 7) is 13.8. The van der Waals surface area contributed by atoms with Crippen LogP contribution in [0.2, 0.25) is 0 Å². The van der Waals surface area contributed by atoms with Crippen molar-refractivity contribution in [2.75, 3.05) is 6.16 Å². The Bertz CT molecular complexity index is 1780. The van der Waals surface area contributed by atoms with Gasteiger partial charge in [0.05, 0.1) is 11.1 Å². The van der Waals surface area contributed by atoms with Gasteiger partial charge in [-0.25, -0.2) is 0 Å². The minimum Gasteiger partial charge on any atom is -0.507 e. The molecule has 0 spiro atoms. The molecule has 4 aromatic carbocycles. The van der Waals surface area contributed by atoms with Crippen molar-refractivity contribution in [1.29, 1.82) is 0 Å². The smallest absolute Gasteiger partial charge is 0.123 e. The summed E-state index contributed by atoms with van der Waals surface area (Å²) in [5.74, 6) is 1.01. The van der Waals surface area contributed by atoms with Crippen molar-refractivity contribution in [1.82, 2.24) is 0 Å². The van der Waals surface area contributed by atoms with Gasteiger partial charge in [-0.3, -0.25) is 4.99 Å². The van der Waals surface area contributed by atoms with E-state index >= 15 is 0 Å². The van der Waals surface area contributed by atoms with Gasteiger partial charge in [0.2, 0.25) is 0 Å². The summed E-state index contributed by atoms with van der Waals surface area (Å²) in [5, 5.41) is 12.8. The van der Waals surface area contributed by atoms with E-state index in [1.54, 1.807) is 0 Å². The molecule has 0 bridgehead atoms. The summed E-state index contributed by atoms with van der Waals surface area (Å²) in [5.41, 5.74) is 11.2. The minimum atomic E-state index is -0.498. The highest BCUT2D eigenvalue weighted by Crippen LogP contribution is 2.67. The van der Waals surface area contributed by atoms with Crippen LogP contribution < -0.4 is 0 Å². The van der Waals surface area contributed by atoms with Crippen molar-refractivity contribution in [3.8, 4) is 28.0 Å². The molecule has 2 unspecified atom stereocenters. The summed E-state index contributed by atoms with van der Waals surface area (Å²) < 4.78 is 0. The Morgan fingerprint density at radius 3 is 1.73 bits per heavy atom. The Labute approximate surface area is 310 Å². The molecule has 4 aromatic rings. The first kappa shape index (κ1) is 36.2. The van der Waals surface area contributed by atoms with Gasteiger partial charge in [0.1, 0.15) is 5.75 Å². The van der Waals surface area contributed by atoms with Gasteiger partial charge in [0, 0.05) is 22.1 Å². The van der Waals surface area contributed by atoms with Gasteiger partial charge in [-0.2, -0.15) is 0 Å². The third kappa shape index (κ3) is 7.12. The number of benzene rings is 4. The van der Waals surface area contributed by atoms with Crippen LogP contribution in [0.5, 0.6) is 5.75 Å². The average Bonchev–Trinajstić information content (AvgIpc) is 3.51. The van der Waals surface area contributed by atoms with Crippen LogP contribution in [0, 0.1) is 5.92 Å². The molecular weight excluding hydrogens is 638 g/mol. The molecule has 2 saturated carbocycles. The molecule has 3 aliphatic rings. The van der Waals surface area contributed by atoms with E-state index in [4.69, 9.17) is 4.99 Å². The zero-order valence-corrected chi connectivity index (χ0v) is 33.0. The van der Waals surface area contributed by atoms with Gasteiger partial charge in [-0.15, -0.1) is 0 Å². The molecule has 2 aliphatic carbocycles. The molecule has 0 aromatic heterocycles. The van der Waals surface area contributed by atoms with E-state index in [1.807, 2.05) is 0 Å². The van der Waals surface area contributed by atoms with Gasteiger partial charge in [0.15, 0.2) is 0 Å². The second-order valence-electron chi connectivity index (χ2n) is 17.8. The molecule has 1 saturated heterocycles. The molecule has 51 heavy (non-hydrogen) atoms. The highest BCUT2D eigenvalue weighted by molar-refractivity contribution is 7.76. The van der Waals surface area contributed by atoms with E-state index in [9.17, 15) is 5.11 Å². The third-order valence-electron chi connectivity index (χ3n) is 12.4. The first-order valence-electron chi connectivity index (χ1n) is 20.0. The molecule has 2 nitrogen and oxygen atoms in total. The number of rotatable bonds is 6. The molecule has 1 aliphatic heterocycles. The topological polar surface area (TPSA) is 32.6 Å². The number of aliphatic imine (C=N–C) groups is 1. The second-order valence-corrected chi connectivity index (χ2v) is 20.4. The number of hydrogen-bond donors (Lipinski definition) is 1. The number of nitrogens with zero attached hydrogens (tertiary/aromatic N) is 1. The van der Waals surface area contributed by atoms with Crippen LogP contribution in [0.15, 0.2) is 96.0 Å². The highest BCUT2D eigenvalue weighted by atomic mass is 31.1. The van der Waals surface area contributed by atoms with Crippen molar-refractivity contribution in [2.24, 2.45) is 10.9 Å². The Balaban J connectivity index is 1.58. The zero-order chi connectivity index (χ0) is 35.8. The Morgan fingerprint density at radius 1 is 0.647 bits per heavy atom. The molecule has 2 atom stereocenters. The summed E-state index contributed by atoms with van der Waals surface area (Å²) in [6, 6.07) is 33.4. The van der Waals surface area contributed by atoms with Crippen molar-refractivity contribution in [2.45, 2.75) is 134 Å². The maximum absolute atomic E-state index is 12.8. The van der Waals surface area contributed by atoms with E-state index in [2.05, 4.69) is 133 Å². The number of para-hydroxylation sites is 1. The third-order valence-corrected chi connectivity index (χ3v) is 15.6. The average molecular weight is 698 g/mol. The van der Waals surface area contributed by atoms with Crippen LogP contribution >= 0.6 is 7.92 Å². The number of aromatic hydroxyl groups is 1. The quantitative estimate of drug-likeness (QED) is 0.200. The fraction of sp³-hybridized carbons (Fsp3) is 0.479. The summed E-state index contributed by atoms with van der Waals surface area (Å²) >= 11 is 0. The highest BCUT2D eigenvalue weighted by Gasteiger charge is 2.55.